The minimum absolute atomic E-state index is 0.303. The summed E-state index contributed by atoms with van der Waals surface area (Å²) < 4.78 is 1.46. The van der Waals surface area contributed by atoms with Crippen LogP contribution in [0.3, 0.4) is 0 Å². The number of carbonyl (C=O) groups excluding carboxylic acids is 1. The van der Waals surface area contributed by atoms with Crippen LogP contribution >= 0.6 is 0 Å². The number of hydrazine groups is 1. The average Bonchev–Trinajstić information content (AvgIpc) is 1.90. The maximum absolute atomic E-state index is 10.1. The lowest BCUT2D eigenvalue weighted by molar-refractivity contribution is -0.551. The van der Waals surface area contributed by atoms with Crippen molar-refractivity contribution in [1.82, 2.24) is 5.43 Å². The molecule has 0 aromatic heterocycles. The predicted molar refractivity (Wildman–Crippen MR) is 35.1 cm³/mol. The Kier molecular flexibility index (Phi) is 3.27. The van der Waals surface area contributed by atoms with E-state index in [0.717, 1.165) is 6.21 Å². The average molecular weight is 128 g/mol. The minimum Gasteiger partial charge on any atom is -0.302 e. The van der Waals surface area contributed by atoms with Crippen molar-refractivity contribution in [2.24, 2.45) is 0 Å². The van der Waals surface area contributed by atoms with E-state index in [1.165, 1.54) is 4.68 Å². The van der Waals surface area contributed by atoms with Crippen molar-refractivity contribution in [3.8, 4) is 0 Å². The summed E-state index contributed by atoms with van der Waals surface area (Å²) in [6, 6.07) is 0. The second-order valence-corrected chi connectivity index (χ2v) is 1.47. The Morgan fingerprint density at radius 3 is 2.44 bits per heavy atom. The summed E-state index contributed by atoms with van der Waals surface area (Å²) in [5.74, 6) is 0. The summed E-state index contributed by atoms with van der Waals surface area (Å²) in [5, 5.41) is 6.72. The maximum Gasteiger partial charge on any atom is 0.285 e. The van der Waals surface area contributed by atoms with Crippen molar-refractivity contribution in [3.63, 3.8) is 0 Å². The van der Waals surface area contributed by atoms with Gasteiger partial charge in [0, 0.05) is 0 Å². The number of nitrogens with zero attached hydrogens (tertiary/aromatic N) is 1. The van der Waals surface area contributed by atoms with E-state index in [1.54, 1.807) is 14.1 Å². The van der Waals surface area contributed by atoms with Crippen LogP contribution in [0.2, 0.25) is 0 Å². The van der Waals surface area contributed by atoms with Crippen LogP contribution in [0.1, 0.15) is 0 Å². The molecule has 0 saturated carbocycles. The molecule has 4 heteroatoms. The molecule has 2 N–H and O–H groups in total. The van der Waals surface area contributed by atoms with Gasteiger partial charge in [0.1, 0.15) is 0 Å². The summed E-state index contributed by atoms with van der Waals surface area (Å²) in [7, 11) is 3.34. The summed E-state index contributed by atoms with van der Waals surface area (Å²) >= 11 is 0. The molecule has 0 unspecified atom stereocenters. The first-order valence-corrected chi connectivity index (χ1v) is 2.50. The molecule has 0 rings (SSSR count). The van der Waals surface area contributed by atoms with Crippen molar-refractivity contribution >= 4 is 18.2 Å². The normalized spacial score (nSPS) is 11.8. The molecular weight excluding hydrogens is 118 g/mol. The SMILES string of the molecule is CN[N+](C)=C(C=N)C=O. The lowest BCUT2D eigenvalue weighted by Crippen LogP contribution is -2.29. The lowest BCUT2D eigenvalue weighted by atomic mass is 10.4. The van der Waals surface area contributed by atoms with Crippen LogP contribution in [0.4, 0.5) is 0 Å². The summed E-state index contributed by atoms with van der Waals surface area (Å²) in [5.41, 5.74) is 2.98. The van der Waals surface area contributed by atoms with Gasteiger partial charge in [-0.1, -0.05) is 0 Å². The molecule has 0 aliphatic heterocycles. The highest BCUT2D eigenvalue weighted by atomic mass is 16.1. The van der Waals surface area contributed by atoms with Gasteiger partial charge >= 0.3 is 0 Å². The summed E-state index contributed by atoms with van der Waals surface area (Å²) in [6.07, 6.45) is 1.60. The zero-order valence-electron chi connectivity index (χ0n) is 5.51. The summed E-state index contributed by atoms with van der Waals surface area (Å²) in [4.78, 5) is 10.1. The molecule has 50 valence electrons. The molecule has 0 saturated heterocycles. The van der Waals surface area contributed by atoms with Gasteiger partial charge in [0.2, 0.25) is 6.29 Å². The van der Waals surface area contributed by atoms with Crippen LogP contribution < -0.4 is 5.43 Å². The smallest absolute Gasteiger partial charge is 0.285 e. The third-order valence-corrected chi connectivity index (χ3v) is 0.991. The third kappa shape index (κ3) is 2.03. The second kappa shape index (κ2) is 3.77. The van der Waals surface area contributed by atoms with Crippen molar-refractivity contribution in [3.05, 3.63) is 0 Å². The standard InChI is InChI=1S/C5H9N3O/c1-7-8(2)5(3-6)4-9/h3-4H,1-2H3,(H-,6,7,9)/p+1. The number of hydrazone groups is 1. The van der Waals surface area contributed by atoms with Gasteiger partial charge in [-0.3, -0.25) is 4.79 Å². The Balaban J connectivity index is 4.36. The third-order valence-electron chi connectivity index (χ3n) is 0.991. The molecule has 0 amide bonds. The topological polar surface area (TPSA) is 56.0 Å². The van der Waals surface area contributed by atoms with Crippen LogP contribution in [-0.2, 0) is 4.79 Å². The Hall–Kier alpha value is -1.19. The van der Waals surface area contributed by atoms with E-state index >= 15 is 0 Å². The van der Waals surface area contributed by atoms with E-state index in [-0.39, 0.29) is 0 Å². The molecule has 0 fully saturated rings. The molecule has 0 aromatic rings. The van der Waals surface area contributed by atoms with Gasteiger partial charge < -0.3 is 5.41 Å². The molecule has 4 nitrogen and oxygen atoms in total. The number of nitrogens with one attached hydrogen (secondary N) is 2. The number of hydrogen-bond acceptors (Lipinski definition) is 3. The Labute approximate surface area is 53.7 Å². The van der Waals surface area contributed by atoms with Crippen LogP contribution in [0.25, 0.3) is 0 Å². The number of carbonyl (C=O) groups is 1. The first-order valence-electron chi connectivity index (χ1n) is 2.50. The predicted octanol–water partition coefficient (Wildman–Crippen LogP) is -0.947. The van der Waals surface area contributed by atoms with Gasteiger partial charge in [-0.2, -0.15) is 0 Å². The quantitative estimate of drug-likeness (QED) is 0.223. The van der Waals surface area contributed by atoms with Crippen LogP contribution in [0, 0.1) is 5.41 Å². The van der Waals surface area contributed by atoms with Crippen molar-refractivity contribution in [1.29, 1.82) is 5.41 Å². The van der Waals surface area contributed by atoms with Crippen LogP contribution in [-0.4, -0.2) is 37.0 Å². The van der Waals surface area contributed by atoms with E-state index in [1.807, 2.05) is 0 Å². The fourth-order valence-electron chi connectivity index (χ4n) is 0.339. The van der Waals surface area contributed by atoms with E-state index in [9.17, 15) is 4.79 Å². The van der Waals surface area contributed by atoms with Gasteiger partial charge in [-0.05, 0) is 0 Å². The van der Waals surface area contributed by atoms with Gasteiger partial charge in [0.25, 0.3) is 5.71 Å². The van der Waals surface area contributed by atoms with Crippen molar-refractivity contribution in [2.75, 3.05) is 14.1 Å². The van der Waals surface area contributed by atoms with E-state index in [2.05, 4.69) is 5.43 Å². The zero-order chi connectivity index (χ0) is 7.28. The van der Waals surface area contributed by atoms with Crippen molar-refractivity contribution < 1.29 is 9.48 Å². The van der Waals surface area contributed by atoms with Crippen molar-refractivity contribution in [2.45, 2.75) is 0 Å². The highest BCUT2D eigenvalue weighted by molar-refractivity contribution is 6.51. The highest BCUT2D eigenvalue weighted by Crippen LogP contribution is 1.61. The minimum atomic E-state index is 0.303. The first kappa shape index (κ1) is 7.81. The number of hydrogen-bond donors (Lipinski definition) is 2. The second-order valence-electron chi connectivity index (χ2n) is 1.47. The molecular formula is C5H10N3O+. The zero-order valence-corrected chi connectivity index (χ0v) is 5.51. The Morgan fingerprint density at radius 1 is 1.78 bits per heavy atom. The molecule has 0 heterocycles. The van der Waals surface area contributed by atoms with Gasteiger partial charge in [0.15, 0.2) is 7.05 Å². The Morgan fingerprint density at radius 2 is 2.33 bits per heavy atom. The number of rotatable bonds is 3. The van der Waals surface area contributed by atoms with Gasteiger partial charge in [0.05, 0.1) is 13.3 Å². The lowest BCUT2D eigenvalue weighted by Gasteiger charge is -1.91. The van der Waals surface area contributed by atoms with Gasteiger partial charge in [-0.25, -0.2) is 5.43 Å². The molecule has 0 aromatic carbocycles. The fraction of sp³-hybridized carbons (Fsp3) is 0.400. The molecule has 0 aliphatic carbocycles. The van der Waals surface area contributed by atoms with E-state index in [4.69, 9.17) is 5.41 Å². The molecule has 0 spiro atoms. The maximum atomic E-state index is 10.1. The fourth-order valence-corrected chi connectivity index (χ4v) is 0.339. The first-order chi connectivity index (χ1) is 4.26. The van der Waals surface area contributed by atoms with Crippen LogP contribution in [0.15, 0.2) is 0 Å². The van der Waals surface area contributed by atoms with Gasteiger partial charge in [-0.15, -0.1) is 4.68 Å². The molecule has 0 bridgehead atoms. The molecule has 0 radical (unpaired) electrons. The Bertz CT molecular complexity index is 140. The van der Waals surface area contributed by atoms with E-state index in [0.29, 0.717) is 12.0 Å². The monoisotopic (exact) mass is 128 g/mol. The largest absolute Gasteiger partial charge is 0.302 e. The van der Waals surface area contributed by atoms with E-state index < -0.39 is 0 Å². The molecule has 0 aliphatic rings. The molecule has 0 atom stereocenters. The number of aldehydes is 1. The highest BCUT2D eigenvalue weighted by Gasteiger charge is 2.01. The summed E-state index contributed by atoms with van der Waals surface area (Å²) in [6.45, 7) is 0. The molecule has 9 heavy (non-hydrogen) atoms. The van der Waals surface area contributed by atoms with Crippen LogP contribution in [0.5, 0.6) is 0 Å².